The first-order valence-electron chi connectivity index (χ1n) is 8.41. The minimum atomic E-state index is -0.842. The van der Waals surface area contributed by atoms with Crippen LogP contribution in [-0.4, -0.2) is 38.3 Å². The van der Waals surface area contributed by atoms with E-state index in [9.17, 15) is 14.4 Å². The van der Waals surface area contributed by atoms with Crippen LogP contribution >= 0.6 is 0 Å². The first kappa shape index (κ1) is 17.0. The Hall–Kier alpha value is -3.43. The van der Waals surface area contributed by atoms with Crippen molar-refractivity contribution in [1.82, 2.24) is 19.3 Å². The second-order valence-corrected chi connectivity index (χ2v) is 6.50. The molecule has 2 heterocycles. The highest BCUT2D eigenvalue weighted by atomic mass is 16.5. The molecule has 1 aliphatic carbocycles. The molecule has 0 atom stereocenters. The quantitative estimate of drug-likeness (QED) is 0.624. The summed E-state index contributed by atoms with van der Waals surface area (Å²) in [5, 5.41) is 3.69. The van der Waals surface area contributed by atoms with Crippen LogP contribution in [0.4, 0.5) is 0 Å². The number of esters is 1. The van der Waals surface area contributed by atoms with Gasteiger partial charge in [-0.15, -0.1) is 0 Å². The average molecular weight is 371 g/mol. The van der Waals surface area contributed by atoms with Crippen LogP contribution in [0.2, 0.25) is 0 Å². The molecule has 27 heavy (non-hydrogen) atoms. The molecule has 1 fully saturated rings. The molecule has 0 bridgehead atoms. The molecule has 0 radical (unpaired) electrons. The van der Waals surface area contributed by atoms with E-state index < -0.39 is 11.9 Å². The molecule has 0 unspecified atom stereocenters. The lowest BCUT2D eigenvalue weighted by atomic mass is 10.2. The zero-order chi connectivity index (χ0) is 19.1. The molecule has 2 aromatic heterocycles. The van der Waals surface area contributed by atoms with Crippen molar-refractivity contribution in [2.75, 3.05) is 7.11 Å². The number of carbonyl (C=O) groups is 2. The number of imidazole rings is 1. The molecule has 1 aliphatic rings. The lowest BCUT2D eigenvalue weighted by Crippen LogP contribution is -2.25. The van der Waals surface area contributed by atoms with E-state index in [2.05, 4.69) is 10.1 Å². The molecule has 0 saturated heterocycles. The van der Waals surface area contributed by atoms with Gasteiger partial charge < -0.3 is 15.0 Å². The number of nitrogens with two attached hydrogens (primary N) is 1. The van der Waals surface area contributed by atoms with Gasteiger partial charge in [0.15, 0.2) is 5.82 Å². The maximum Gasteiger partial charge on any atom is 0.337 e. The van der Waals surface area contributed by atoms with E-state index in [1.54, 1.807) is 22.8 Å². The van der Waals surface area contributed by atoms with Gasteiger partial charge in [-0.3, -0.25) is 13.9 Å². The smallest absolute Gasteiger partial charge is 0.337 e. The standard InChI is InChI=1S/C17H17N5O5/c1-26-16(24)10-4-5-11-12(6-10)22(17(25)21(11)7-9-2-3-9)8-13-19-15(14(18)23)27-20-13/h4-6,9H,2-3,7-8H2,1H3,(H2,18,23). The summed E-state index contributed by atoms with van der Waals surface area (Å²) in [7, 11) is 1.29. The van der Waals surface area contributed by atoms with E-state index in [1.807, 2.05) is 0 Å². The molecule has 3 aromatic rings. The van der Waals surface area contributed by atoms with E-state index in [-0.39, 0.29) is 23.9 Å². The second kappa shape index (κ2) is 6.38. The molecule has 0 aliphatic heterocycles. The molecule has 4 rings (SSSR count). The number of hydrogen-bond donors (Lipinski definition) is 1. The van der Waals surface area contributed by atoms with Gasteiger partial charge in [-0.1, -0.05) is 5.16 Å². The largest absolute Gasteiger partial charge is 0.465 e. The van der Waals surface area contributed by atoms with Crippen LogP contribution in [0.15, 0.2) is 27.5 Å². The topological polar surface area (TPSA) is 135 Å². The van der Waals surface area contributed by atoms with Crippen LogP contribution in [0.3, 0.4) is 0 Å². The number of rotatable bonds is 6. The van der Waals surface area contributed by atoms with Gasteiger partial charge in [0.2, 0.25) is 0 Å². The zero-order valence-corrected chi connectivity index (χ0v) is 14.5. The summed E-state index contributed by atoms with van der Waals surface area (Å²) in [6, 6.07) is 4.95. The van der Waals surface area contributed by atoms with E-state index in [1.165, 1.54) is 11.7 Å². The number of amides is 1. The van der Waals surface area contributed by atoms with Crippen LogP contribution in [0.5, 0.6) is 0 Å². The van der Waals surface area contributed by atoms with E-state index in [4.69, 9.17) is 15.0 Å². The Balaban J connectivity index is 1.82. The third-order valence-electron chi connectivity index (χ3n) is 4.56. The number of benzene rings is 1. The summed E-state index contributed by atoms with van der Waals surface area (Å²) in [4.78, 5) is 39.9. The first-order chi connectivity index (χ1) is 13.0. The third kappa shape index (κ3) is 3.09. The first-order valence-corrected chi connectivity index (χ1v) is 8.41. The Morgan fingerprint density at radius 2 is 2.07 bits per heavy atom. The van der Waals surface area contributed by atoms with Crippen molar-refractivity contribution >= 4 is 22.9 Å². The van der Waals surface area contributed by atoms with Gasteiger partial charge in [-0.2, -0.15) is 4.98 Å². The summed E-state index contributed by atoms with van der Waals surface area (Å²) in [5.74, 6) is -1.05. The Kier molecular flexibility index (Phi) is 4.02. The maximum absolute atomic E-state index is 13.0. The highest BCUT2D eigenvalue weighted by Gasteiger charge is 2.25. The molecule has 10 nitrogen and oxygen atoms in total. The number of methoxy groups -OCH3 is 1. The number of hydrogen-bond acceptors (Lipinski definition) is 7. The van der Waals surface area contributed by atoms with Gasteiger partial charge in [0.1, 0.15) is 0 Å². The van der Waals surface area contributed by atoms with Crippen LogP contribution in [-0.2, 0) is 17.8 Å². The number of ether oxygens (including phenoxy) is 1. The molecule has 10 heteroatoms. The number of nitrogens with zero attached hydrogens (tertiary/aromatic N) is 4. The Labute approximate surface area is 152 Å². The maximum atomic E-state index is 13.0. The predicted molar refractivity (Wildman–Crippen MR) is 92.2 cm³/mol. The fourth-order valence-electron chi connectivity index (χ4n) is 3.01. The van der Waals surface area contributed by atoms with Gasteiger partial charge in [-0.05, 0) is 37.0 Å². The third-order valence-corrected chi connectivity index (χ3v) is 4.56. The van der Waals surface area contributed by atoms with Crippen LogP contribution in [0.1, 0.15) is 39.7 Å². The van der Waals surface area contributed by atoms with E-state index in [0.717, 1.165) is 12.8 Å². The number of fused-ring (bicyclic) bond motifs is 1. The fourth-order valence-corrected chi connectivity index (χ4v) is 3.01. The van der Waals surface area contributed by atoms with Crippen molar-refractivity contribution in [3.05, 3.63) is 46.0 Å². The SMILES string of the molecule is COC(=O)c1ccc2c(c1)n(Cc1noc(C(N)=O)n1)c(=O)n2CC1CC1. The van der Waals surface area contributed by atoms with Crippen LogP contribution in [0.25, 0.3) is 11.0 Å². The normalized spacial score (nSPS) is 13.8. The molecular formula is C17H17N5O5. The van der Waals surface area contributed by atoms with Gasteiger partial charge >= 0.3 is 23.5 Å². The van der Waals surface area contributed by atoms with Gasteiger partial charge in [0.25, 0.3) is 0 Å². The second-order valence-electron chi connectivity index (χ2n) is 6.50. The zero-order valence-electron chi connectivity index (χ0n) is 14.5. The fraction of sp³-hybridized carbons (Fsp3) is 0.353. The Bertz CT molecular complexity index is 1100. The molecule has 1 saturated carbocycles. The average Bonchev–Trinajstić information content (AvgIpc) is 3.30. The van der Waals surface area contributed by atoms with Crippen LogP contribution < -0.4 is 11.4 Å². The monoisotopic (exact) mass is 371 g/mol. The van der Waals surface area contributed by atoms with Crippen molar-refractivity contribution in [2.24, 2.45) is 11.7 Å². The highest BCUT2D eigenvalue weighted by molar-refractivity contribution is 5.93. The molecule has 140 valence electrons. The Morgan fingerprint density at radius 1 is 1.30 bits per heavy atom. The van der Waals surface area contributed by atoms with Gasteiger partial charge in [0, 0.05) is 6.54 Å². The van der Waals surface area contributed by atoms with Crippen molar-refractivity contribution in [2.45, 2.75) is 25.9 Å². The van der Waals surface area contributed by atoms with Gasteiger partial charge in [0.05, 0.1) is 30.3 Å². The predicted octanol–water partition coefficient (Wildman–Crippen LogP) is 0.530. The van der Waals surface area contributed by atoms with Crippen LogP contribution in [0, 0.1) is 5.92 Å². The summed E-state index contributed by atoms with van der Waals surface area (Å²) >= 11 is 0. The molecule has 1 amide bonds. The van der Waals surface area contributed by atoms with Crippen molar-refractivity contribution in [1.29, 1.82) is 0 Å². The van der Waals surface area contributed by atoms with Gasteiger partial charge in [-0.25, -0.2) is 9.59 Å². The Morgan fingerprint density at radius 3 is 2.70 bits per heavy atom. The molecule has 2 N–H and O–H groups in total. The summed E-state index contributed by atoms with van der Waals surface area (Å²) < 4.78 is 12.7. The van der Waals surface area contributed by atoms with E-state index >= 15 is 0 Å². The minimum Gasteiger partial charge on any atom is -0.465 e. The molecule has 1 aromatic carbocycles. The summed E-state index contributed by atoms with van der Waals surface area (Å²) in [6.45, 7) is 0.590. The highest BCUT2D eigenvalue weighted by Crippen LogP contribution is 2.31. The number of carbonyl (C=O) groups excluding carboxylic acids is 2. The minimum absolute atomic E-state index is 0.0194. The lowest BCUT2D eigenvalue weighted by molar-refractivity contribution is 0.0600. The number of aromatic nitrogens is 4. The molecular weight excluding hydrogens is 354 g/mol. The van der Waals surface area contributed by atoms with Crippen molar-refractivity contribution in [3.63, 3.8) is 0 Å². The molecule has 0 spiro atoms. The van der Waals surface area contributed by atoms with Crippen molar-refractivity contribution in [3.8, 4) is 0 Å². The summed E-state index contributed by atoms with van der Waals surface area (Å²) in [6.07, 6.45) is 2.18. The van der Waals surface area contributed by atoms with E-state index in [0.29, 0.717) is 29.1 Å². The lowest BCUT2D eigenvalue weighted by Gasteiger charge is -2.03. The summed E-state index contributed by atoms with van der Waals surface area (Å²) in [5.41, 5.74) is 6.45. The number of primary amides is 1. The van der Waals surface area contributed by atoms with Crippen molar-refractivity contribution < 1.29 is 18.8 Å².